The van der Waals surface area contributed by atoms with Crippen molar-refractivity contribution < 1.29 is 33.4 Å². The van der Waals surface area contributed by atoms with Crippen LogP contribution in [0.3, 0.4) is 0 Å². The zero-order valence-electron chi connectivity index (χ0n) is 20.0. The number of hydrogen-bond donors (Lipinski definition) is 0. The van der Waals surface area contributed by atoms with Crippen molar-refractivity contribution in [1.82, 2.24) is 0 Å². The molecule has 2 amide bonds. The van der Waals surface area contributed by atoms with Gasteiger partial charge in [0.25, 0.3) is 11.8 Å². The van der Waals surface area contributed by atoms with Crippen molar-refractivity contribution in [3.05, 3.63) is 99.0 Å². The first-order valence-electron chi connectivity index (χ1n) is 11.4. The van der Waals surface area contributed by atoms with Gasteiger partial charge in [-0.1, -0.05) is 41.9 Å². The van der Waals surface area contributed by atoms with Gasteiger partial charge >= 0.3 is 11.9 Å². The van der Waals surface area contributed by atoms with Gasteiger partial charge in [-0.15, -0.1) is 0 Å². The summed E-state index contributed by atoms with van der Waals surface area (Å²) < 4.78 is 11.1. The maximum absolute atomic E-state index is 13.1. The van der Waals surface area contributed by atoms with Crippen molar-refractivity contribution in [1.29, 1.82) is 0 Å². The number of amides is 2. The summed E-state index contributed by atoms with van der Waals surface area (Å²) in [5, 5.41) is 0. The number of fused-ring (bicyclic) bond motifs is 1. The summed E-state index contributed by atoms with van der Waals surface area (Å²) in [6, 6.07) is 16.6. The van der Waals surface area contributed by atoms with E-state index in [2.05, 4.69) is 15.9 Å². The van der Waals surface area contributed by atoms with Crippen LogP contribution in [0.2, 0.25) is 0 Å². The molecule has 8 nitrogen and oxygen atoms in total. The minimum Gasteiger partial charge on any atom is -0.462 e. The van der Waals surface area contributed by atoms with Crippen molar-refractivity contribution in [3.63, 3.8) is 0 Å². The summed E-state index contributed by atoms with van der Waals surface area (Å²) in [4.78, 5) is 63.9. The molecule has 0 saturated heterocycles. The van der Waals surface area contributed by atoms with Crippen LogP contribution in [0.15, 0.2) is 71.2 Å². The minimum absolute atomic E-state index is 0.0357. The van der Waals surface area contributed by atoms with Crippen molar-refractivity contribution in [2.45, 2.75) is 13.8 Å². The first kappa shape index (κ1) is 26.0. The van der Waals surface area contributed by atoms with Gasteiger partial charge in [0.15, 0.2) is 12.4 Å². The second kappa shape index (κ2) is 10.9. The Kier molecular flexibility index (Phi) is 7.63. The van der Waals surface area contributed by atoms with Gasteiger partial charge in [-0.2, -0.15) is 0 Å². The smallest absolute Gasteiger partial charge is 0.338 e. The standard InChI is InChI=1S/C28H22BrNO7/c1-16(2)14-36-27(34)18-5-10-21(11-6-18)30-25(32)22-12-7-19(13-23(22)26(30)33)28(35)37-15-24(31)17-3-8-20(29)9-4-17/h3-13,16H,14-15H2,1-2H3. The fourth-order valence-corrected chi connectivity index (χ4v) is 3.87. The lowest BCUT2D eigenvalue weighted by Crippen LogP contribution is -2.29. The Bertz CT molecular complexity index is 1400. The molecule has 0 aliphatic carbocycles. The van der Waals surface area contributed by atoms with E-state index in [1.54, 1.807) is 24.3 Å². The number of hydrogen-bond acceptors (Lipinski definition) is 7. The first-order valence-corrected chi connectivity index (χ1v) is 12.2. The number of nitrogens with zero attached hydrogens (tertiary/aromatic N) is 1. The quantitative estimate of drug-likeness (QED) is 0.213. The molecule has 0 unspecified atom stereocenters. The van der Waals surface area contributed by atoms with E-state index < -0.39 is 30.4 Å². The molecule has 4 rings (SSSR count). The zero-order chi connectivity index (χ0) is 26.7. The monoisotopic (exact) mass is 563 g/mol. The second-order valence-electron chi connectivity index (χ2n) is 8.75. The van der Waals surface area contributed by atoms with Crippen LogP contribution in [0.5, 0.6) is 0 Å². The topological polar surface area (TPSA) is 107 Å². The molecule has 1 heterocycles. The fourth-order valence-electron chi connectivity index (χ4n) is 3.61. The molecule has 188 valence electrons. The second-order valence-corrected chi connectivity index (χ2v) is 9.67. The van der Waals surface area contributed by atoms with E-state index in [4.69, 9.17) is 9.47 Å². The molecule has 0 saturated carbocycles. The van der Waals surface area contributed by atoms with Gasteiger partial charge in [-0.3, -0.25) is 14.4 Å². The Morgan fingerprint density at radius 3 is 1.97 bits per heavy atom. The number of rotatable bonds is 8. The van der Waals surface area contributed by atoms with E-state index >= 15 is 0 Å². The molecule has 0 radical (unpaired) electrons. The van der Waals surface area contributed by atoms with Crippen LogP contribution in [-0.2, 0) is 9.47 Å². The van der Waals surface area contributed by atoms with Crippen LogP contribution >= 0.6 is 15.9 Å². The van der Waals surface area contributed by atoms with Gasteiger partial charge in [-0.25, -0.2) is 14.5 Å². The van der Waals surface area contributed by atoms with Crippen LogP contribution in [0.25, 0.3) is 0 Å². The Hall–Kier alpha value is -4.11. The van der Waals surface area contributed by atoms with Crippen molar-refractivity contribution >= 4 is 51.2 Å². The van der Waals surface area contributed by atoms with E-state index in [1.807, 2.05) is 13.8 Å². The number of carbonyl (C=O) groups excluding carboxylic acids is 5. The Morgan fingerprint density at radius 1 is 0.757 bits per heavy atom. The van der Waals surface area contributed by atoms with E-state index in [0.717, 1.165) is 9.37 Å². The summed E-state index contributed by atoms with van der Waals surface area (Å²) in [6.45, 7) is 3.66. The number of Topliss-reactive ketones (excluding diaryl/α,β-unsaturated/α-hetero) is 1. The number of imide groups is 1. The van der Waals surface area contributed by atoms with E-state index in [0.29, 0.717) is 11.1 Å². The molecule has 0 fully saturated rings. The predicted molar refractivity (Wildman–Crippen MR) is 138 cm³/mol. The molecule has 3 aromatic carbocycles. The van der Waals surface area contributed by atoms with Crippen LogP contribution in [0.4, 0.5) is 5.69 Å². The molecule has 0 atom stereocenters. The number of esters is 2. The molecule has 1 aliphatic rings. The molecule has 9 heteroatoms. The van der Waals surface area contributed by atoms with Crippen molar-refractivity contribution in [2.24, 2.45) is 5.92 Å². The number of ketones is 1. The molecule has 0 spiro atoms. The first-order chi connectivity index (χ1) is 17.7. The van der Waals surface area contributed by atoms with Crippen LogP contribution in [0.1, 0.15) is 65.6 Å². The average Bonchev–Trinajstić information content (AvgIpc) is 3.15. The number of carbonyl (C=O) groups is 5. The summed E-state index contributed by atoms with van der Waals surface area (Å²) in [5.74, 6) is -2.65. The number of halogens is 1. The molecule has 0 aromatic heterocycles. The molecule has 3 aromatic rings. The molecular weight excluding hydrogens is 542 g/mol. The lowest BCUT2D eigenvalue weighted by atomic mass is 10.1. The Balaban J connectivity index is 1.45. The third-order valence-electron chi connectivity index (χ3n) is 5.53. The molecule has 0 bridgehead atoms. The number of benzene rings is 3. The van der Waals surface area contributed by atoms with Gasteiger partial charge in [0.1, 0.15) is 0 Å². The van der Waals surface area contributed by atoms with Crippen LogP contribution < -0.4 is 4.90 Å². The van der Waals surface area contributed by atoms with E-state index in [-0.39, 0.29) is 40.7 Å². The van der Waals surface area contributed by atoms with Gasteiger partial charge in [0.2, 0.25) is 0 Å². The highest BCUT2D eigenvalue weighted by Crippen LogP contribution is 2.29. The molecule has 1 aliphatic heterocycles. The number of anilines is 1. The Morgan fingerprint density at radius 2 is 1.32 bits per heavy atom. The summed E-state index contributed by atoms with van der Waals surface area (Å²) in [5.41, 5.74) is 1.17. The van der Waals surface area contributed by atoms with E-state index in [9.17, 15) is 24.0 Å². The largest absolute Gasteiger partial charge is 0.462 e. The van der Waals surface area contributed by atoms with Crippen LogP contribution in [0, 0.1) is 5.92 Å². The van der Waals surface area contributed by atoms with Gasteiger partial charge in [0, 0.05) is 10.0 Å². The molecule has 37 heavy (non-hydrogen) atoms. The van der Waals surface area contributed by atoms with Gasteiger partial charge in [-0.05, 0) is 60.5 Å². The molecule has 0 N–H and O–H groups in total. The van der Waals surface area contributed by atoms with Gasteiger partial charge < -0.3 is 9.47 Å². The Labute approximate surface area is 221 Å². The average molecular weight is 564 g/mol. The SMILES string of the molecule is CC(C)COC(=O)c1ccc(N2C(=O)c3ccc(C(=O)OCC(=O)c4ccc(Br)cc4)cc3C2=O)cc1. The lowest BCUT2D eigenvalue weighted by molar-refractivity contribution is 0.0457. The lowest BCUT2D eigenvalue weighted by Gasteiger charge is -2.14. The summed E-state index contributed by atoms with van der Waals surface area (Å²) in [7, 11) is 0. The molecular formula is C28H22BrNO7. The summed E-state index contributed by atoms with van der Waals surface area (Å²) >= 11 is 3.29. The third kappa shape index (κ3) is 5.67. The third-order valence-corrected chi connectivity index (χ3v) is 6.06. The normalized spacial score (nSPS) is 12.5. The zero-order valence-corrected chi connectivity index (χ0v) is 21.6. The highest BCUT2D eigenvalue weighted by Gasteiger charge is 2.37. The van der Waals surface area contributed by atoms with Crippen molar-refractivity contribution in [2.75, 3.05) is 18.1 Å². The fraction of sp³-hybridized carbons (Fsp3) is 0.179. The summed E-state index contributed by atoms with van der Waals surface area (Å²) in [6.07, 6.45) is 0. The van der Waals surface area contributed by atoms with Crippen molar-refractivity contribution in [3.8, 4) is 0 Å². The number of ether oxygens (including phenoxy) is 2. The highest BCUT2D eigenvalue weighted by atomic mass is 79.9. The van der Waals surface area contributed by atoms with Gasteiger partial charge in [0.05, 0.1) is 34.5 Å². The van der Waals surface area contributed by atoms with Crippen LogP contribution in [-0.4, -0.2) is 42.7 Å². The maximum Gasteiger partial charge on any atom is 0.338 e. The minimum atomic E-state index is -0.795. The van der Waals surface area contributed by atoms with E-state index in [1.165, 1.54) is 42.5 Å². The highest BCUT2D eigenvalue weighted by molar-refractivity contribution is 9.10. The predicted octanol–water partition coefficient (Wildman–Crippen LogP) is 5.10. The maximum atomic E-state index is 13.1.